The molecule has 1 aromatic rings. The molecule has 7 heteroatoms. The first-order valence-electron chi connectivity index (χ1n) is 7.81. The fraction of sp³-hybridized carbons (Fsp3) is 0.471. The molecule has 0 spiro atoms. The fourth-order valence-electron chi connectivity index (χ4n) is 2.74. The number of benzene rings is 1. The molecule has 2 amide bonds. The first kappa shape index (κ1) is 18.4. The molecule has 1 unspecified atom stereocenters. The van der Waals surface area contributed by atoms with Crippen LogP contribution in [0.2, 0.25) is 0 Å². The molecule has 1 aliphatic heterocycles. The molecule has 1 aliphatic rings. The van der Waals surface area contributed by atoms with Gasteiger partial charge < -0.3 is 15.3 Å². The van der Waals surface area contributed by atoms with E-state index in [0.29, 0.717) is 19.4 Å². The van der Waals surface area contributed by atoms with Crippen molar-refractivity contribution in [1.29, 1.82) is 0 Å². The van der Waals surface area contributed by atoms with Crippen LogP contribution in [0.15, 0.2) is 28.7 Å². The number of halogens is 1. The lowest BCUT2D eigenvalue weighted by Crippen LogP contribution is -2.48. The standard InChI is InChI=1S/C17H21BrN2O4/c1-17(2,9-7-14(21)22)19-15(23)11-8-10-20(16(11)24)13-6-4-3-5-12(13)18/h3-6,11H,7-10H2,1-2H3,(H,19,23)(H,21,22). The van der Waals surface area contributed by atoms with E-state index in [4.69, 9.17) is 5.11 Å². The van der Waals surface area contributed by atoms with Crippen molar-refractivity contribution < 1.29 is 19.5 Å². The number of para-hydroxylation sites is 1. The van der Waals surface area contributed by atoms with Crippen molar-refractivity contribution in [3.63, 3.8) is 0 Å². The summed E-state index contributed by atoms with van der Waals surface area (Å²) < 4.78 is 0.807. The van der Waals surface area contributed by atoms with Gasteiger partial charge in [0, 0.05) is 23.0 Å². The Morgan fingerprint density at radius 1 is 1.38 bits per heavy atom. The van der Waals surface area contributed by atoms with Crippen LogP contribution in [0.25, 0.3) is 0 Å². The van der Waals surface area contributed by atoms with E-state index in [9.17, 15) is 14.4 Å². The van der Waals surface area contributed by atoms with Crippen LogP contribution in [0.1, 0.15) is 33.1 Å². The summed E-state index contributed by atoms with van der Waals surface area (Å²) in [7, 11) is 0. The number of carbonyl (C=O) groups excluding carboxylic acids is 2. The molecule has 1 fully saturated rings. The number of amides is 2. The summed E-state index contributed by atoms with van der Waals surface area (Å²) >= 11 is 3.42. The lowest BCUT2D eigenvalue weighted by atomic mass is 9.96. The highest BCUT2D eigenvalue weighted by Gasteiger charge is 2.39. The first-order valence-corrected chi connectivity index (χ1v) is 8.60. The second-order valence-electron chi connectivity index (χ2n) is 6.55. The van der Waals surface area contributed by atoms with Gasteiger partial charge in [0.25, 0.3) is 0 Å². The Balaban J connectivity index is 2.03. The fourth-order valence-corrected chi connectivity index (χ4v) is 3.23. The van der Waals surface area contributed by atoms with E-state index in [1.165, 1.54) is 0 Å². The molecule has 1 heterocycles. The van der Waals surface area contributed by atoms with Crippen LogP contribution in [-0.4, -0.2) is 35.0 Å². The second kappa shape index (κ2) is 7.34. The predicted molar refractivity (Wildman–Crippen MR) is 93.7 cm³/mol. The zero-order valence-electron chi connectivity index (χ0n) is 13.7. The molecule has 24 heavy (non-hydrogen) atoms. The Morgan fingerprint density at radius 3 is 2.67 bits per heavy atom. The predicted octanol–water partition coefficient (Wildman–Crippen LogP) is 2.56. The van der Waals surface area contributed by atoms with Gasteiger partial charge in [0.15, 0.2) is 0 Å². The largest absolute Gasteiger partial charge is 0.481 e. The van der Waals surface area contributed by atoms with Gasteiger partial charge in [-0.05, 0) is 54.8 Å². The van der Waals surface area contributed by atoms with Crippen LogP contribution in [0.3, 0.4) is 0 Å². The van der Waals surface area contributed by atoms with E-state index in [2.05, 4.69) is 21.2 Å². The summed E-state index contributed by atoms with van der Waals surface area (Å²) in [5.41, 5.74) is 0.0826. The third-order valence-electron chi connectivity index (χ3n) is 4.09. The van der Waals surface area contributed by atoms with Crippen molar-refractivity contribution >= 4 is 39.4 Å². The van der Waals surface area contributed by atoms with Crippen molar-refractivity contribution in [2.45, 2.75) is 38.6 Å². The Labute approximate surface area is 149 Å². The number of nitrogens with one attached hydrogen (secondary N) is 1. The molecule has 0 aliphatic carbocycles. The van der Waals surface area contributed by atoms with Gasteiger partial charge in [-0.1, -0.05) is 12.1 Å². The number of aliphatic carboxylic acids is 1. The molecular weight excluding hydrogens is 376 g/mol. The monoisotopic (exact) mass is 396 g/mol. The van der Waals surface area contributed by atoms with Crippen molar-refractivity contribution in [2.24, 2.45) is 5.92 Å². The summed E-state index contributed by atoms with van der Waals surface area (Å²) in [6, 6.07) is 7.39. The summed E-state index contributed by atoms with van der Waals surface area (Å²) in [6.07, 6.45) is 0.721. The number of hydrogen-bond donors (Lipinski definition) is 2. The zero-order chi connectivity index (χ0) is 17.9. The van der Waals surface area contributed by atoms with Gasteiger partial charge in [-0.3, -0.25) is 14.4 Å². The van der Waals surface area contributed by atoms with Crippen LogP contribution >= 0.6 is 15.9 Å². The summed E-state index contributed by atoms with van der Waals surface area (Å²) in [5.74, 6) is -2.21. The highest BCUT2D eigenvalue weighted by Crippen LogP contribution is 2.31. The van der Waals surface area contributed by atoms with Crippen molar-refractivity contribution in [2.75, 3.05) is 11.4 Å². The maximum atomic E-state index is 12.6. The van der Waals surface area contributed by atoms with Crippen molar-refractivity contribution in [3.05, 3.63) is 28.7 Å². The van der Waals surface area contributed by atoms with Gasteiger partial charge in [-0.25, -0.2) is 0 Å². The van der Waals surface area contributed by atoms with Gasteiger partial charge >= 0.3 is 5.97 Å². The average molecular weight is 397 g/mol. The lowest BCUT2D eigenvalue weighted by Gasteiger charge is -2.27. The van der Waals surface area contributed by atoms with E-state index in [-0.39, 0.29) is 18.2 Å². The maximum Gasteiger partial charge on any atom is 0.303 e. The highest BCUT2D eigenvalue weighted by molar-refractivity contribution is 9.10. The number of anilines is 1. The number of carbonyl (C=O) groups is 3. The minimum absolute atomic E-state index is 0.0328. The van der Waals surface area contributed by atoms with Crippen LogP contribution in [-0.2, 0) is 14.4 Å². The smallest absolute Gasteiger partial charge is 0.303 e. The van der Waals surface area contributed by atoms with E-state index in [1.807, 2.05) is 24.3 Å². The molecule has 2 rings (SSSR count). The van der Waals surface area contributed by atoms with Crippen LogP contribution < -0.4 is 10.2 Å². The number of carboxylic acids is 1. The van der Waals surface area contributed by atoms with Crippen molar-refractivity contribution in [1.82, 2.24) is 5.32 Å². The molecule has 1 aromatic carbocycles. The second-order valence-corrected chi connectivity index (χ2v) is 7.40. The number of rotatable bonds is 6. The molecule has 2 N–H and O–H groups in total. The third kappa shape index (κ3) is 4.35. The summed E-state index contributed by atoms with van der Waals surface area (Å²) in [5, 5.41) is 11.6. The molecule has 1 saturated heterocycles. The van der Waals surface area contributed by atoms with Gasteiger partial charge in [-0.15, -0.1) is 0 Å². The SMILES string of the molecule is CC(C)(CCC(=O)O)NC(=O)C1CCN(c2ccccc2Br)C1=O. The zero-order valence-corrected chi connectivity index (χ0v) is 15.3. The van der Waals surface area contributed by atoms with Gasteiger partial charge in [0.2, 0.25) is 11.8 Å². The number of hydrogen-bond acceptors (Lipinski definition) is 3. The normalized spacial score (nSPS) is 17.9. The Morgan fingerprint density at radius 2 is 2.04 bits per heavy atom. The molecular formula is C17H21BrN2O4. The maximum absolute atomic E-state index is 12.6. The molecule has 0 saturated carbocycles. The van der Waals surface area contributed by atoms with Crippen LogP contribution in [0, 0.1) is 5.92 Å². The topological polar surface area (TPSA) is 86.7 Å². The summed E-state index contributed by atoms with van der Waals surface area (Å²) in [4.78, 5) is 37.4. The van der Waals surface area contributed by atoms with E-state index >= 15 is 0 Å². The molecule has 1 atom stereocenters. The van der Waals surface area contributed by atoms with E-state index in [1.54, 1.807) is 18.7 Å². The summed E-state index contributed by atoms with van der Waals surface area (Å²) in [6.45, 7) is 4.01. The van der Waals surface area contributed by atoms with Crippen molar-refractivity contribution in [3.8, 4) is 0 Å². The van der Waals surface area contributed by atoms with Crippen LogP contribution in [0.5, 0.6) is 0 Å². The van der Waals surface area contributed by atoms with Crippen LogP contribution in [0.4, 0.5) is 5.69 Å². The van der Waals surface area contributed by atoms with Gasteiger partial charge in [0.05, 0.1) is 5.69 Å². The molecule has 0 radical (unpaired) electrons. The quantitative estimate of drug-likeness (QED) is 0.723. The Kier molecular flexibility index (Phi) is 5.64. The minimum atomic E-state index is -0.908. The highest BCUT2D eigenvalue weighted by atomic mass is 79.9. The molecule has 6 nitrogen and oxygen atoms in total. The number of carboxylic acid groups (broad SMARTS) is 1. The van der Waals surface area contributed by atoms with Gasteiger partial charge in [-0.2, -0.15) is 0 Å². The molecule has 0 aromatic heterocycles. The molecule has 130 valence electrons. The average Bonchev–Trinajstić information content (AvgIpc) is 2.87. The molecule has 0 bridgehead atoms. The third-order valence-corrected chi connectivity index (χ3v) is 4.76. The Bertz CT molecular complexity index is 660. The number of nitrogens with zero attached hydrogens (tertiary/aromatic N) is 1. The first-order chi connectivity index (χ1) is 11.2. The van der Waals surface area contributed by atoms with Gasteiger partial charge in [0.1, 0.15) is 5.92 Å². The Hall–Kier alpha value is -1.89. The lowest BCUT2D eigenvalue weighted by molar-refractivity contribution is -0.138. The van der Waals surface area contributed by atoms with E-state index in [0.717, 1.165) is 10.2 Å². The van der Waals surface area contributed by atoms with E-state index < -0.39 is 17.4 Å². The minimum Gasteiger partial charge on any atom is -0.481 e.